The zero-order valence-corrected chi connectivity index (χ0v) is 12.2. The van der Waals surface area contributed by atoms with E-state index in [0.29, 0.717) is 11.4 Å². The van der Waals surface area contributed by atoms with Gasteiger partial charge in [0.15, 0.2) is 0 Å². The molecular formula is C13H12BrClOS. The topological polar surface area (TPSA) is 20.2 Å². The van der Waals surface area contributed by atoms with E-state index in [1.807, 2.05) is 24.3 Å². The number of thiophene rings is 1. The molecule has 2 aromatic rings. The van der Waals surface area contributed by atoms with Crippen LogP contribution in [0.25, 0.3) is 0 Å². The quantitative estimate of drug-likeness (QED) is 0.850. The second kappa shape index (κ2) is 6.01. The molecule has 1 aromatic heterocycles. The Kier molecular flexibility index (Phi) is 4.62. The van der Waals surface area contributed by atoms with E-state index in [1.165, 1.54) is 4.88 Å². The molecule has 1 nitrogen and oxygen atoms in total. The first-order valence-electron chi connectivity index (χ1n) is 5.31. The van der Waals surface area contributed by atoms with Crippen LogP contribution in [-0.4, -0.2) is 5.11 Å². The summed E-state index contributed by atoms with van der Waals surface area (Å²) < 4.78 is 0.898. The van der Waals surface area contributed by atoms with Crippen molar-refractivity contribution in [3.8, 4) is 0 Å². The maximum absolute atomic E-state index is 10.1. The molecule has 0 fully saturated rings. The van der Waals surface area contributed by atoms with Crippen LogP contribution in [0.15, 0.2) is 40.2 Å². The van der Waals surface area contributed by atoms with Gasteiger partial charge in [-0.1, -0.05) is 33.6 Å². The molecule has 1 aromatic carbocycles. The second-order valence-corrected chi connectivity index (χ2v) is 6.22. The molecule has 0 spiro atoms. The zero-order valence-electron chi connectivity index (χ0n) is 9.07. The Hall–Kier alpha value is -0.350. The predicted molar refractivity (Wildman–Crippen MR) is 76.8 cm³/mol. The van der Waals surface area contributed by atoms with Crippen LogP contribution in [0.2, 0.25) is 5.02 Å². The van der Waals surface area contributed by atoms with E-state index in [1.54, 1.807) is 11.3 Å². The molecule has 0 amide bonds. The van der Waals surface area contributed by atoms with Crippen LogP contribution in [0, 0.1) is 0 Å². The Bertz CT molecular complexity index is 464. The molecule has 4 heteroatoms. The minimum absolute atomic E-state index is 0.466. The van der Waals surface area contributed by atoms with Crippen molar-refractivity contribution < 1.29 is 5.11 Å². The van der Waals surface area contributed by atoms with Gasteiger partial charge in [-0.3, -0.25) is 0 Å². The van der Waals surface area contributed by atoms with Crippen molar-refractivity contribution in [3.63, 3.8) is 0 Å². The predicted octanol–water partition coefficient (Wildman–Crippen LogP) is 4.83. The smallest absolute Gasteiger partial charge is 0.0794 e. The summed E-state index contributed by atoms with van der Waals surface area (Å²) in [5.41, 5.74) is 0.862. The van der Waals surface area contributed by atoms with Crippen LogP contribution in [0.4, 0.5) is 0 Å². The van der Waals surface area contributed by atoms with Crippen LogP contribution in [0.1, 0.15) is 23.0 Å². The van der Waals surface area contributed by atoms with E-state index in [9.17, 15) is 5.11 Å². The first kappa shape index (κ1) is 13.1. The summed E-state index contributed by atoms with van der Waals surface area (Å²) in [5.74, 6) is 0. The normalized spacial score (nSPS) is 12.6. The molecule has 0 saturated heterocycles. The Morgan fingerprint density at radius 2 is 2.18 bits per heavy atom. The molecule has 0 radical (unpaired) electrons. The summed E-state index contributed by atoms with van der Waals surface area (Å²) in [6, 6.07) is 9.65. The molecular weight excluding hydrogens is 320 g/mol. The van der Waals surface area contributed by atoms with Crippen LogP contribution >= 0.6 is 38.9 Å². The van der Waals surface area contributed by atoms with Crippen LogP contribution in [0.5, 0.6) is 0 Å². The fourth-order valence-electron chi connectivity index (χ4n) is 1.67. The van der Waals surface area contributed by atoms with Crippen molar-refractivity contribution in [2.45, 2.75) is 18.9 Å². The van der Waals surface area contributed by atoms with Gasteiger partial charge in [-0.05, 0) is 48.1 Å². The molecule has 0 aliphatic rings. The van der Waals surface area contributed by atoms with Crippen molar-refractivity contribution in [2.24, 2.45) is 0 Å². The third kappa shape index (κ3) is 3.81. The maximum Gasteiger partial charge on any atom is 0.0794 e. The Balaban J connectivity index is 2.01. The van der Waals surface area contributed by atoms with Crippen molar-refractivity contribution in [1.82, 2.24) is 0 Å². The number of hydrogen-bond acceptors (Lipinski definition) is 2. The second-order valence-electron chi connectivity index (χ2n) is 3.84. The highest BCUT2D eigenvalue weighted by atomic mass is 79.9. The molecule has 1 atom stereocenters. The summed E-state index contributed by atoms with van der Waals surface area (Å²) in [4.78, 5) is 1.30. The Labute approximate surface area is 118 Å². The number of halogens is 2. The summed E-state index contributed by atoms with van der Waals surface area (Å²) in [5, 5.41) is 12.8. The molecule has 90 valence electrons. The summed E-state index contributed by atoms with van der Waals surface area (Å²) >= 11 is 11.1. The van der Waals surface area contributed by atoms with Gasteiger partial charge in [0.25, 0.3) is 0 Å². The molecule has 17 heavy (non-hydrogen) atoms. The van der Waals surface area contributed by atoms with Crippen molar-refractivity contribution in [1.29, 1.82) is 0 Å². The lowest BCUT2D eigenvalue weighted by molar-refractivity contribution is 0.168. The Morgan fingerprint density at radius 1 is 1.35 bits per heavy atom. The standard InChI is InChI=1S/C13H12BrClOS/c14-10-6-9(7-11(15)8-10)13(16)4-3-12-2-1-5-17-12/h1-2,5-8,13,16H,3-4H2. The fraction of sp³-hybridized carbons (Fsp3) is 0.231. The molecule has 1 unspecified atom stereocenters. The minimum Gasteiger partial charge on any atom is -0.388 e. The largest absolute Gasteiger partial charge is 0.388 e. The number of hydrogen-bond donors (Lipinski definition) is 1. The number of aryl methyl sites for hydroxylation is 1. The molecule has 0 bridgehead atoms. The van der Waals surface area contributed by atoms with Gasteiger partial charge in [-0.15, -0.1) is 11.3 Å². The third-order valence-electron chi connectivity index (χ3n) is 2.51. The van der Waals surface area contributed by atoms with E-state index in [0.717, 1.165) is 16.5 Å². The van der Waals surface area contributed by atoms with E-state index >= 15 is 0 Å². The van der Waals surface area contributed by atoms with Crippen molar-refractivity contribution in [3.05, 3.63) is 55.6 Å². The van der Waals surface area contributed by atoms with Gasteiger partial charge >= 0.3 is 0 Å². The van der Waals surface area contributed by atoms with Gasteiger partial charge in [0.05, 0.1) is 6.10 Å². The number of rotatable bonds is 4. The average Bonchev–Trinajstić information content (AvgIpc) is 2.77. The monoisotopic (exact) mass is 330 g/mol. The fourth-order valence-corrected chi connectivity index (χ4v) is 3.28. The van der Waals surface area contributed by atoms with Gasteiger partial charge in [-0.25, -0.2) is 0 Å². The van der Waals surface area contributed by atoms with E-state index in [-0.39, 0.29) is 0 Å². The SMILES string of the molecule is OC(CCc1cccs1)c1cc(Cl)cc(Br)c1. The molecule has 0 aliphatic heterocycles. The molecule has 0 saturated carbocycles. The van der Waals surface area contributed by atoms with Crippen molar-refractivity contribution >= 4 is 38.9 Å². The van der Waals surface area contributed by atoms with Gasteiger partial charge in [-0.2, -0.15) is 0 Å². The molecule has 0 aliphatic carbocycles. The first-order valence-corrected chi connectivity index (χ1v) is 7.36. The van der Waals surface area contributed by atoms with Gasteiger partial charge in [0.1, 0.15) is 0 Å². The maximum atomic E-state index is 10.1. The highest BCUT2D eigenvalue weighted by molar-refractivity contribution is 9.10. The minimum atomic E-state index is -0.466. The molecule has 1 heterocycles. The molecule has 1 N–H and O–H groups in total. The van der Waals surface area contributed by atoms with E-state index in [2.05, 4.69) is 27.4 Å². The third-order valence-corrected chi connectivity index (χ3v) is 4.13. The molecule has 2 rings (SSSR count). The summed E-state index contributed by atoms with van der Waals surface area (Å²) in [7, 11) is 0. The average molecular weight is 332 g/mol. The van der Waals surface area contributed by atoms with Gasteiger partial charge < -0.3 is 5.11 Å². The van der Waals surface area contributed by atoms with Crippen LogP contribution < -0.4 is 0 Å². The lowest BCUT2D eigenvalue weighted by Gasteiger charge is -2.11. The van der Waals surface area contributed by atoms with Crippen molar-refractivity contribution in [2.75, 3.05) is 0 Å². The number of aliphatic hydroxyl groups excluding tert-OH is 1. The van der Waals surface area contributed by atoms with Gasteiger partial charge in [0.2, 0.25) is 0 Å². The van der Waals surface area contributed by atoms with E-state index < -0.39 is 6.10 Å². The van der Waals surface area contributed by atoms with Crippen LogP contribution in [-0.2, 0) is 6.42 Å². The summed E-state index contributed by atoms with van der Waals surface area (Å²) in [6.07, 6.45) is 1.14. The first-order chi connectivity index (χ1) is 8.15. The number of benzene rings is 1. The van der Waals surface area contributed by atoms with Gasteiger partial charge in [0, 0.05) is 14.4 Å². The van der Waals surface area contributed by atoms with Crippen LogP contribution in [0.3, 0.4) is 0 Å². The lowest BCUT2D eigenvalue weighted by Crippen LogP contribution is -1.99. The van der Waals surface area contributed by atoms with E-state index in [4.69, 9.17) is 11.6 Å². The zero-order chi connectivity index (χ0) is 12.3. The highest BCUT2D eigenvalue weighted by Gasteiger charge is 2.09. The highest BCUT2D eigenvalue weighted by Crippen LogP contribution is 2.26. The lowest BCUT2D eigenvalue weighted by atomic mass is 10.0. The Morgan fingerprint density at radius 3 is 2.82 bits per heavy atom. The summed E-state index contributed by atoms with van der Waals surface area (Å²) in [6.45, 7) is 0. The number of aliphatic hydroxyl groups is 1.